The average molecular weight is 272 g/mol. The van der Waals surface area contributed by atoms with Crippen LogP contribution in [0.2, 0.25) is 0 Å². The van der Waals surface area contributed by atoms with E-state index < -0.39 is 0 Å². The highest BCUT2D eigenvalue weighted by atomic mass is 16.1. The zero-order valence-electron chi connectivity index (χ0n) is 11.9. The molecule has 0 aliphatic heterocycles. The summed E-state index contributed by atoms with van der Waals surface area (Å²) in [5.41, 5.74) is 8.80. The fourth-order valence-electron chi connectivity index (χ4n) is 2.27. The van der Waals surface area contributed by atoms with Crippen molar-refractivity contribution in [3.05, 3.63) is 36.0 Å². The summed E-state index contributed by atoms with van der Waals surface area (Å²) in [6.07, 6.45) is 2.27. The summed E-state index contributed by atoms with van der Waals surface area (Å²) in [6.45, 7) is 1.07. The number of nitrogens with one attached hydrogen (secondary N) is 1. The van der Waals surface area contributed by atoms with E-state index in [1.807, 2.05) is 37.5 Å². The number of nitrogens with zero attached hydrogens (tertiary/aromatic N) is 2. The van der Waals surface area contributed by atoms with Crippen LogP contribution in [0.5, 0.6) is 0 Å². The van der Waals surface area contributed by atoms with Crippen molar-refractivity contribution in [3.63, 3.8) is 0 Å². The molecule has 1 aromatic carbocycles. The van der Waals surface area contributed by atoms with Gasteiger partial charge in [0.05, 0.1) is 11.2 Å². The number of fused-ring (bicyclic) bond motifs is 1. The number of carbonyl (C=O) groups is 1. The normalized spacial score (nSPS) is 10.6. The Morgan fingerprint density at radius 2 is 2.15 bits per heavy atom. The number of para-hydroxylation sites is 1. The lowest BCUT2D eigenvalue weighted by atomic mass is 10.1. The molecule has 0 radical (unpaired) electrons. The van der Waals surface area contributed by atoms with Crippen LogP contribution in [0.3, 0.4) is 0 Å². The fraction of sp³-hybridized carbons (Fsp3) is 0.333. The minimum atomic E-state index is 0.0320. The molecule has 0 saturated heterocycles. The van der Waals surface area contributed by atoms with E-state index in [2.05, 4.69) is 15.2 Å². The molecule has 0 aliphatic rings. The minimum Gasteiger partial charge on any atom is -0.373 e. The van der Waals surface area contributed by atoms with Crippen LogP contribution in [0.1, 0.15) is 12.0 Å². The molecular formula is C15H20N4O. The van der Waals surface area contributed by atoms with Crippen molar-refractivity contribution in [2.75, 3.05) is 25.5 Å². The minimum absolute atomic E-state index is 0.0320. The van der Waals surface area contributed by atoms with Crippen LogP contribution >= 0.6 is 0 Å². The number of benzene rings is 1. The Labute approximate surface area is 118 Å². The third-order valence-electron chi connectivity index (χ3n) is 3.38. The zero-order valence-corrected chi connectivity index (χ0v) is 11.9. The molecule has 5 nitrogen and oxygen atoms in total. The van der Waals surface area contributed by atoms with Crippen LogP contribution in [0.25, 0.3) is 10.9 Å². The lowest BCUT2D eigenvalue weighted by molar-refractivity contribution is -0.120. The molecule has 0 atom stereocenters. The van der Waals surface area contributed by atoms with Crippen LogP contribution in [0, 0.1) is 0 Å². The molecule has 2 rings (SSSR count). The Kier molecular flexibility index (Phi) is 4.53. The van der Waals surface area contributed by atoms with E-state index in [9.17, 15) is 4.79 Å². The highest BCUT2D eigenvalue weighted by molar-refractivity contribution is 5.93. The molecule has 5 heteroatoms. The molecule has 1 aromatic heterocycles. The van der Waals surface area contributed by atoms with E-state index in [-0.39, 0.29) is 5.91 Å². The van der Waals surface area contributed by atoms with E-state index in [0.29, 0.717) is 19.5 Å². The van der Waals surface area contributed by atoms with Gasteiger partial charge in [0.25, 0.3) is 0 Å². The van der Waals surface area contributed by atoms with E-state index in [1.54, 1.807) is 7.05 Å². The van der Waals surface area contributed by atoms with Crippen LogP contribution in [-0.4, -0.2) is 31.5 Å². The fourth-order valence-corrected chi connectivity index (χ4v) is 2.27. The van der Waals surface area contributed by atoms with Crippen molar-refractivity contribution in [3.8, 4) is 0 Å². The van der Waals surface area contributed by atoms with Gasteiger partial charge in [0.2, 0.25) is 5.91 Å². The van der Waals surface area contributed by atoms with Gasteiger partial charge >= 0.3 is 0 Å². The van der Waals surface area contributed by atoms with Gasteiger partial charge in [-0.25, -0.2) is 0 Å². The third kappa shape index (κ3) is 2.88. The number of hydrogen-bond acceptors (Lipinski definition) is 4. The number of carbonyl (C=O) groups excluding carboxylic acids is 1. The molecule has 0 unspecified atom stereocenters. The number of hydrogen-bond donors (Lipinski definition) is 2. The number of anilines is 1. The van der Waals surface area contributed by atoms with Crippen molar-refractivity contribution in [1.29, 1.82) is 0 Å². The summed E-state index contributed by atoms with van der Waals surface area (Å²) in [7, 11) is 3.62. The molecule has 0 saturated carbocycles. The predicted octanol–water partition coefficient (Wildman–Crippen LogP) is 1.27. The Morgan fingerprint density at radius 1 is 1.40 bits per heavy atom. The maximum atomic E-state index is 11.4. The van der Waals surface area contributed by atoms with Gasteiger partial charge in [-0.05, 0) is 6.07 Å². The molecule has 0 aliphatic carbocycles. The summed E-state index contributed by atoms with van der Waals surface area (Å²) in [5, 5.41) is 3.70. The van der Waals surface area contributed by atoms with E-state index in [4.69, 9.17) is 5.73 Å². The molecule has 2 aromatic rings. The summed E-state index contributed by atoms with van der Waals surface area (Å²) >= 11 is 0. The Morgan fingerprint density at radius 3 is 2.85 bits per heavy atom. The summed E-state index contributed by atoms with van der Waals surface area (Å²) in [5.74, 6) is 0.0320. The maximum absolute atomic E-state index is 11.4. The zero-order chi connectivity index (χ0) is 14.5. The smallest absolute Gasteiger partial charge is 0.221 e. The number of amides is 1. The lowest BCUT2D eigenvalue weighted by Crippen LogP contribution is -2.27. The highest BCUT2D eigenvalue weighted by Crippen LogP contribution is 2.28. The first-order valence-electron chi connectivity index (χ1n) is 6.65. The van der Waals surface area contributed by atoms with Crippen molar-refractivity contribution in [1.82, 2.24) is 10.3 Å². The molecule has 1 amide bonds. The molecule has 106 valence electrons. The highest BCUT2D eigenvalue weighted by Gasteiger charge is 2.12. The topological polar surface area (TPSA) is 71.2 Å². The molecule has 0 bridgehead atoms. The van der Waals surface area contributed by atoms with Crippen LogP contribution in [0.15, 0.2) is 30.5 Å². The van der Waals surface area contributed by atoms with Crippen molar-refractivity contribution < 1.29 is 4.79 Å². The average Bonchev–Trinajstić information content (AvgIpc) is 2.50. The monoisotopic (exact) mass is 272 g/mol. The number of pyridine rings is 1. The Balaban J connectivity index is 2.37. The first-order chi connectivity index (χ1) is 9.67. The summed E-state index contributed by atoms with van der Waals surface area (Å²) in [6, 6.07) is 7.96. The number of nitrogens with two attached hydrogens (primary N) is 1. The van der Waals surface area contributed by atoms with Crippen molar-refractivity contribution >= 4 is 22.5 Å². The third-order valence-corrected chi connectivity index (χ3v) is 3.38. The lowest BCUT2D eigenvalue weighted by Gasteiger charge is -2.23. The van der Waals surface area contributed by atoms with Gasteiger partial charge in [-0.3, -0.25) is 9.78 Å². The molecule has 0 fully saturated rings. The van der Waals surface area contributed by atoms with Crippen LogP contribution in [-0.2, 0) is 11.3 Å². The summed E-state index contributed by atoms with van der Waals surface area (Å²) in [4.78, 5) is 17.9. The first-order valence-corrected chi connectivity index (χ1v) is 6.65. The van der Waals surface area contributed by atoms with Gasteiger partial charge in [-0.2, -0.15) is 0 Å². The van der Waals surface area contributed by atoms with Gasteiger partial charge in [-0.15, -0.1) is 0 Å². The van der Waals surface area contributed by atoms with Gasteiger partial charge in [0, 0.05) is 50.8 Å². The molecule has 0 spiro atoms. The van der Waals surface area contributed by atoms with Gasteiger partial charge in [0.15, 0.2) is 0 Å². The summed E-state index contributed by atoms with van der Waals surface area (Å²) < 4.78 is 0. The first kappa shape index (κ1) is 14.3. The second-order valence-corrected chi connectivity index (χ2v) is 4.70. The Hall–Kier alpha value is -2.14. The molecular weight excluding hydrogens is 252 g/mol. The van der Waals surface area contributed by atoms with E-state index in [1.165, 1.54) is 0 Å². The standard InChI is InChI=1S/C15H20N4O/c1-17-14(20)7-8-19(2)15-11(9-16)10-18-13-6-4-3-5-12(13)15/h3-6,10H,7-9,16H2,1-2H3,(H,17,20). The SMILES string of the molecule is CNC(=O)CCN(C)c1c(CN)cnc2ccccc12. The van der Waals surface area contributed by atoms with E-state index in [0.717, 1.165) is 22.2 Å². The van der Waals surface area contributed by atoms with Gasteiger partial charge < -0.3 is 16.0 Å². The maximum Gasteiger partial charge on any atom is 0.221 e. The van der Waals surface area contributed by atoms with Crippen molar-refractivity contribution in [2.45, 2.75) is 13.0 Å². The van der Waals surface area contributed by atoms with Gasteiger partial charge in [-0.1, -0.05) is 18.2 Å². The van der Waals surface area contributed by atoms with Crippen LogP contribution < -0.4 is 16.0 Å². The molecule has 1 heterocycles. The quantitative estimate of drug-likeness (QED) is 0.859. The second-order valence-electron chi connectivity index (χ2n) is 4.70. The predicted molar refractivity (Wildman–Crippen MR) is 81.6 cm³/mol. The number of aromatic nitrogens is 1. The van der Waals surface area contributed by atoms with Crippen molar-refractivity contribution in [2.24, 2.45) is 5.73 Å². The van der Waals surface area contributed by atoms with Crippen LogP contribution in [0.4, 0.5) is 5.69 Å². The largest absolute Gasteiger partial charge is 0.373 e. The number of rotatable bonds is 5. The molecule has 3 N–H and O–H groups in total. The molecule has 20 heavy (non-hydrogen) atoms. The Bertz CT molecular complexity index is 612. The van der Waals surface area contributed by atoms with E-state index >= 15 is 0 Å². The van der Waals surface area contributed by atoms with Gasteiger partial charge in [0.1, 0.15) is 0 Å². The second kappa shape index (κ2) is 6.34.